The van der Waals surface area contributed by atoms with E-state index in [9.17, 15) is 9.59 Å². The Morgan fingerprint density at radius 2 is 1.85 bits per heavy atom. The summed E-state index contributed by atoms with van der Waals surface area (Å²) in [6, 6.07) is 0. The molecule has 27 heavy (non-hydrogen) atoms. The quantitative estimate of drug-likeness (QED) is 0.645. The third-order valence-electron chi connectivity index (χ3n) is 8.47. The molecule has 2 saturated heterocycles. The van der Waals surface area contributed by atoms with Crippen molar-refractivity contribution < 1.29 is 23.8 Å². The van der Waals surface area contributed by atoms with E-state index in [1.165, 1.54) is 6.92 Å². The molecule has 0 unspecified atom stereocenters. The zero-order valence-corrected chi connectivity index (χ0v) is 17.4. The summed E-state index contributed by atoms with van der Waals surface area (Å²) in [5.41, 5.74) is -1.17. The van der Waals surface area contributed by atoms with Crippen LogP contribution in [0.3, 0.4) is 0 Å². The Balaban J connectivity index is 1.77. The molecule has 0 bridgehead atoms. The minimum Gasteiger partial charge on any atom is -0.463 e. The monoisotopic (exact) mass is 378 g/mol. The zero-order chi connectivity index (χ0) is 19.7. The first-order valence-corrected chi connectivity index (χ1v) is 10.6. The van der Waals surface area contributed by atoms with Gasteiger partial charge in [0.15, 0.2) is 5.60 Å². The molecule has 2 aliphatic heterocycles. The van der Waals surface area contributed by atoms with Crippen LogP contribution in [-0.4, -0.2) is 35.9 Å². The molecule has 5 nitrogen and oxygen atoms in total. The van der Waals surface area contributed by atoms with E-state index in [0.29, 0.717) is 13.0 Å². The number of carbonyl (C=O) groups is 2. The Kier molecular flexibility index (Phi) is 4.24. The van der Waals surface area contributed by atoms with Gasteiger partial charge in [-0.2, -0.15) is 0 Å². The Morgan fingerprint density at radius 1 is 1.11 bits per heavy atom. The van der Waals surface area contributed by atoms with Gasteiger partial charge in [0.1, 0.15) is 6.10 Å². The second-order valence-corrected chi connectivity index (χ2v) is 10.4. The Morgan fingerprint density at radius 3 is 2.48 bits per heavy atom. The summed E-state index contributed by atoms with van der Waals surface area (Å²) in [4.78, 5) is 24.4. The Hall–Kier alpha value is -1.10. The van der Waals surface area contributed by atoms with Gasteiger partial charge in [0.2, 0.25) is 0 Å². The molecule has 0 aromatic rings. The molecule has 0 aromatic carbocycles. The summed E-state index contributed by atoms with van der Waals surface area (Å²) in [7, 11) is 0. The summed E-state index contributed by atoms with van der Waals surface area (Å²) in [5.74, 6) is 0.0788. The van der Waals surface area contributed by atoms with Gasteiger partial charge in [-0.3, -0.25) is 4.79 Å². The van der Waals surface area contributed by atoms with Crippen molar-refractivity contribution in [3.05, 3.63) is 0 Å². The van der Waals surface area contributed by atoms with E-state index in [-0.39, 0.29) is 46.3 Å². The van der Waals surface area contributed by atoms with E-state index in [4.69, 9.17) is 14.2 Å². The van der Waals surface area contributed by atoms with Crippen molar-refractivity contribution in [2.24, 2.45) is 22.7 Å². The highest BCUT2D eigenvalue weighted by Gasteiger charge is 2.71. The third kappa shape index (κ3) is 2.53. The molecule has 2 saturated carbocycles. The van der Waals surface area contributed by atoms with Gasteiger partial charge in [-0.25, -0.2) is 4.79 Å². The standard InChI is InChI=1S/C22H34O5/c1-14-13-16(26-15(2)23)17-19(3,4)7-6-8-20(17,5)22(14)10-9-21(27-22)11-12-25-18(21)24/h14,16-17H,6-13H2,1-5H3/t14-,16+,17+,20-,21-,22-/m1/s1. The van der Waals surface area contributed by atoms with Crippen molar-refractivity contribution in [3.63, 3.8) is 0 Å². The first-order chi connectivity index (χ1) is 12.6. The highest BCUT2D eigenvalue weighted by atomic mass is 16.6. The van der Waals surface area contributed by atoms with Crippen LogP contribution >= 0.6 is 0 Å². The van der Waals surface area contributed by atoms with Gasteiger partial charge in [-0.15, -0.1) is 0 Å². The lowest BCUT2D eigenvalue weighted by molar-refractivity contribution is -0.269. The predicted molar refractivity (Wildman–Crippen MR) is 99.9 cm³/mol. The minimum absolute atomic E-state index is 0.0650. The topological polar surface area (TPSA) is 61.8 Å². The molecule has 0 aromatic heterocycles. The highest BCUT2D eigenvalue weighted by molar-refractivity contribution is 5.82. The van der Waals surface area contributed by atoms with Gasteiger partial charge in [0, 0.05) is 24.7 Å². The second-order valence-electron chi connectivity index (χ2n) is 10.4. The van der Waals surface area contributed by atoms with Crippen molar-refractivity contribution in [2.45, 2.75) is 96.9 Å². The van der Waals surface area contributed by atoms with Crippen molar-refractivity contribution in [1.82, 2.24) is 0 Å². The first kappa shape index (κ1) is 19.2. The zero-order valence-electron chi connectivity index (χ0n) is 17.4. The lowest BCUT2D eigenvalue weighted by atomic mass is 9.43. The van der Waals surface area contributed by atoms with Crippen LogP contribution in [0.2, 0.25) is 0 Å². The molecule has 5 heteroatoms. The fourth-order valence-corrected chi connectivity index (χ4v) is 7.49. The number of carbonyl (C=O) groups excluding carboxylic acids is 2. The molecular formula is C22H34O5. The number of esters is 2. The van der Waals surface area contributed by atoms with Gasteiger partial charge >= 0.3 is 11.9 Å². The number of hydrogen-bond donors (Lipinski definition) is 0. The van der Waals surface area contributed by atoms with Gasteiger partial charge in [-0.1, -0.05) is 34.1 Å². The molecule has 2 aliphatic carbocycles. The van der Waals surface area contributed by atoms with Crippen LogP contribution in [0.15, 0.2) is 0 Å². The van der Waals surface area contributed by atoms with Crippen molar-refractivity contribution in [1.29, 1.82) is 0 Å². The normalized spacial score (nSPS) is 48.5. The molecule has 6 atom stereocenters. The number of rotatable bonds is 1. The minimum atomic E-state index is -0.752. The molecule has 4 fully saturated rings. The lowest BCUT2D eigenvalue weighted by Crippen LogP contribution is -2.67. The largest absolute Gasteiger partial charge is 0.463 e. The van der Waals surface area contributed by atoms with Gasteiger partial charge in [-0.05, 0) is 43.4 Å². The number of hydrogen-bond acceptors (Lipinski definition) is 5. The Bertz CT molecular complexity index is 657. The van der Waals surface area contributed by atoms with Crippen molar-refractivity contribution in [3.8, 4) is 0 Å². The smallest absolute Gasteiger partial charge is 0.338 e. The third-order valence-corrected chi connectivity index (χ3v) is 8.47. The summed E-state index contributed by atoms with van der Waals surface area (Å²) >= 11 is 0. The van der Waals surface area contributed by atoms with Crippen LogP contribution in [0.25, 0.3) is 0 Å². The maximum atomic E-state index is 12.5. The lowest BCUT2D eigenvalue weighted by Gasteiger charge is -2.65. The molecule has 2 heterocycles. The number of cyclic esters (lactones) is 1. The van der Waals surface area contributed by atoms with Crippen LogP contribution in [0.4, 0.5) is 0 Å². The predicted octanol–water partition coefficient (Wildman–Crippen LogP) is 4.03. The van der Waals surface area contributed by atoms with E-state index in [2.05, 4.69) is 27.7 Å². The van der Waals surface area contributed by atoms with E-state index < -0.39 is 5.60 Å². The average molecular weight is 379 g/mol. The SMILES string of the molecule is CC(=O)O[C@H]1C[C@@H](C)[C@]2(CC[C@]3(CCOC3=O)O2)[C@]2(C)CCCC(C)(C)[C@H]12. The van der Waals surface area contributed by atoms with Crippen LogP contribution in [-0.2, 0) is 23.8 Å². The summed E-state index contributed by atoms with van der Waals surface area (Å²) < 4.78 is 18.1. The van der Waals surface area contributed by atoms with Gasteiger partial charge in [0.25, 0.3) is 0 Å². The van der Waals surface area contributed by atoms with Crippen LogP contribution in [0.5, 0.6) is 0 Å². The molecule has 0 amide bonds. The van der Waals surface area contributed by atoms with Crippen LogP contribution in [0.1, 0.15) is 79.6 Å². The number of ether oxygens (including phenoxy) is 3. The van der Waals surface area contributed by atoms with Crippen LogP contribution in [0, 0.1) is 22.7 Å². The van der Waals surface area contributed by atoms with E-state index in [1.54, 1.807) is 0 Å². The second kappa shape index (κ2) is 5.95. The number of fused-ring (bicyclic) bond motifs is 2. The maximum Gasteiger partial charge on any atom is 0.338 e. The molecule has 4 aliphatic rings. The van der Waals surface area contributed by atoms with Crippen molar-refractivity contribution >= 4 is 11.9 Å². The first-order valence-electron chi connectivity index (χ1n) is 10.6. The molecule has 4 rings (SSSR count). The maximum absolute atomic E-state index is 12.5. The fraction of sp³-hybridized carbons (Fsp3) is 0.909. The average Bonchev–Trinajstić information content (AvgIpc) is 3.10. The molecule has 2 spiro atoms. The molecule has 0 radical (unpaired) electrons. The van der Waals surface area contributed by atoms with Gasteiger partial charge in [0.05, 0.1) is 12.2 Å². The summed E-state index contributed by atoms with van der Waals surface area (Å²) in [5, 5.41) is 0. The highest BCUT2D eigenvalue weighted by Crippen LogP contribution is 2.68. The fourth-order valence-electron chi connectivity index (χ4n) is 7.49. The van der Waals surface area contributed by atoms with Crippen LogP contribution < -0.4 is 0 Å². The summed E-state index contributed by atoms with van der Waals surface area (Å²) in [6.07, 6.45) is 6.33. The molecular weight excluding hydrogens is 344 g/mol. The summed E-state index contributed by atoms with van der Waals surface area (Å²) in [6.45, 7) is 11.2. The van der Waals surface area contributed by atoms with Gasteiger partial charge < -0.3 is 14.2 Å². The Labute approximate surface area is 162 Å². The van der Waals surface area contributed by atoms with E-state index in [0.717, 1.165) is 38.5 Å². The van der Waals surface area contributed by atoms with E-state index in [1.807, 2.05) is 0 Å². The molecule has 0 N–H and O–H groups in total. The van der Waals surface area contributed by atoms with E-state index >= 15 is 0 Å². The molecule has 152 valence electrons. The van der Waals surface area contributed by atoms with Crippen molar-refractivity contribution in [2.75, 3.05) is 6.61 Å².